The number of aryl methyl sites for hydroxylation is 1. The molecule has 0 fully saturated rings. The maximum Gasteiger partial charge on any atom is 0.335 e. The third-order valence-corrected chi connectivity index (χ3v) is 6.85. The Morgan fingerprint density at radius 2 is 1.74 bits per heavy atom. The molecule has 0 heterocycles. The average molecular weight is 522 g/mol. The van der Waals surface area contributed by atoms with Gasteiger partial charge in [-0.1, -0.05) is 62.4 Å². The number of benzene rings is 3. The lowest BCUT2D eigenvalue weighted by molar-refractivity contribution is -0.00397. The van der Waals surface area contributed by atoms with Gasteiger partial charge in [-0.25, -0.2) is 9.18 Å². The van der Waals surface area contributed by atoms with Crippen LogP contribution < -0.4 is 5.32 Å². The summed E-state index contributed by atoms with van der Waals surface area (Å²) in [6.45, 7) is 12.2. The van der Waals surface area contributed by atoms with Crippen molar-refractivity contribution in [2.24, 2.45) is 0 Å². The van der Waals surface area contributed by atoms with E-state index >= 15 is 0 Å². The number of aliphatic hydroxyl groups is 1. The van der Waals surface area contributed by atoms with Crippen LogP contribution in [0.4, 0.5) is 4.39 Å². The van der Waals surface area contributed by atoms with Crippen LogP contribution in [0.3, 0.4) is 0 Å². The first-order valence-electron chi connectivity index (χ1n) is 13.1. The molecule has 0 aliphatic rings. The van der Waals surface area contributed by atoms with Crippen LogP contribution in [0.2, 0.25) is 0 Å². The number of nitrogens with one attached hydrogen (secondary N) is 1. The number of halogens is 1. The Hall–Kier alpha value is -3.06. The molecule has 0 bridgehead atoms. The molecule has 0 aromatic heterocycles. The van der Waals surface area contributed by atoms with Gasteiger partial charge in [-0.15, -0.1) is 0 Å². The number of carboxylic acids is 1. The van der Waals surface area contributed by atoms with Gasteiger partial charge >= 0.3 is 5.97 Å². The fraction of sp³-hybridized carbons (Fsp3) is 0.406. The highest BCUT2D eigenvalue weighted by molar-refractivity contribution is 5.90. The highest BCUT2D eigenvalue weighted by atomic mass is 19.1. The molecule has 3 rings (SSSR count). The van der Waals surface area contributed by atoms with Crippen molar-refractivity contribution in [3.8, 4) is 11.1 Å². The van der Waals surface area contributed by atoms with Crippen LogP contribution in [0.1, 0.15) is 79.3 Å². The lowest BCUT2D eigenvalue weighted by Crippen LogP contribution is -2.46. The fourth-order valence-corrected chi connectivity index (χ4v) is 4.63. The number of aliphatic hydroxyl groups excluding tert-OH is 1. The van der Waals surface area contributed by atoms with E-state index in [9.17, 15) is 19.4 Å². The van der Waals surface area contributed by atoms with Crippen molar-refractivity contribution in [2.75, 3.05) is 13.2 Å². The number of β-amino-alcohol motifs (C(OH)–C–C–N with tert-alkyl or cyclic N) is 1. The molecule has 0 spiro atoms. The fourth-order valence-electron chi connectivity index (χ4n) is 4.63. The molecule has 38 heavy (non-hydrogen) atoms. The number of carboxylic acid groups (broad SMARTS) is 1. The molecular formula is C32H40FNO4. The molecule has 2 atom stereocenters. The van der Waals surface area contributed by atoms with E-state index in [1.807, 2.05) is 77.1 Å². The Bertz CT molecular complexity index is 1250. The van der Waals surface area contributed by atoms with Crippen LogP contribution in [-0.4, -0.2) is 41.0 Å². The van der Waals surface area contributed by atoms with Gasteiger partial charge in [0.25, 0.3) is 0 Å². The summed E-state index contributed by atoms with van der Waals surface area (Å²) in [5, 5.41) is 23.6. The standard InChI is InChI=1S/C32H40FNO4/c1-20(2)29-16-24(13-14-28(29)31(36)37)27-10-8-7-9-26(27)22(4)38-19-25(35)18-34-32(5,6)17-23-12-11-21(3)30(33)15-23/h7-16,20,22,25,34-35H,17-19H2,1-6H3,(H,36,37). The quantitative estimate of drug-likeness (QED) is 0.248. The minimum absolute atomic E-state index is 0.0683. The predicted octanol–water partition coefficient (Wildman–Crippen LogP) is 6.67. The zero-order valence-corrected chi connectivity index (χ0v) is 23.2. The van der Waals surface area contributed by atoms with E-state index in [0.29, 0.717) is 24.1 Å². The van der Waals surface area contributed by atoms with Crippen molar-refractivity contribution >= 4 is 5.97 Å². The maximum atomic E-state index is 13.9. The van der Waals surface area contributed by atoms with Crippen LogP contribution in [0.5, 0.6) is 0 Å². The van der Waals surface area contributed by atoms with Crippen LogP contribution in [0.25, 0.3) is 11.1 Å². The molecule has 0 saturated heterocycles. The first kappa shape index (κ1) is 29.5. The van der Waals surface area contributed by atoms with Gasteiger partial charge in [-0.3, -0.25) is 0 Å². The zero-order chi connectivity index (χ0) is 28.0. The second-order valence-corrected chi connectivity index (χ2v) is 11.0. The van der Waals surface area contributed by atoms with Gasteiger partial charge in [0, 0.05) is 12.1 Å². The van der Waals surface area contributed by atoms with Gasteiger partial charge in [0.1, 0.15) is 5.82 Å². The third-order valence-electron chi connectivity index (χ3n) is 6.85. The molecule has 5 nitrogen and oxygen atoms in total. The third kappa shape index (κ3) is 7.73. The smallest absolute Gasteiger partial charge is 0.335 e. The Morgan fingerprint density at radius 3 is 2.39 bits per heavy atom. The zero-order valence-electron chi connectivity index (χ0n) is 23.2. The van der Waals surface area contributed by atoms with Gasteiger partial charge in [0.2, 0.25) is 0 Å². The first-order chi connectivity index (χ1) is 17.9. The Labute approximate surface area is 225 Å². The summed E-state index contributed by atoms with van der Waals surface area (Å²) in [6, 6.07) is 18.6. The summed E-state index contributed by atoms with van der Waals surface area (Å²) in [7, 11) is 0. The van der Waals surface area contributed by atoms with Gasteiger partial charge in [-0.2, -0.15) is 0 Å². The van der Waals surface area contributed by atoms with Gasteiger partial charge in [0.15, 0.2) is 0 Å². The molecule has 204 valence electrons. The van der Waals surface area contributed by atoms with Crippen LogP contribution >= 0.6 is 0 Å². The Kier molecular flexibility index (Phi) is 9.82. The van der Waals surface area contributed by atoms with E-state index in [0.717, 1.165) is 27.8 Å². The molecule has 0 saturated carbocycles. The molecule has 3 aromatic rings. The van der Waals surface area contributed by atoms with Crippen molar-refractivity contribution in [3.63, 3.8) is 0 Å². The summed E-state index contributed by atoms with van der Waals surface area (Å²) in [5.41, 5.74) is 5.16. The summed E-state index contributed by atoms with van der Waals surface area (Å²) in [4.78, 5) is 11.7. The van der Waals surface area contributed by atoms with E-state index in [1.165, 1.54) is 0 Å². The molecule has 6 heteroatoms. The number of hydrogen-bond donors (Lipinski definition) is 3. The molecule has 0 aliphatic heterocycles. The maximum absolute atomic E-state index is 13.9. The number of aromatic carboxylic acids is 1. The van der Waals surface area contributed by atoms with E-state index in [1.54, 1.807) is 25.1 Å². The van der Waals surface area contributed by atoms with Crippen molar-refractivity contribution in [3.05, 3.63) is 94.3 Å². The summed E-state index contributed by atoms with van der Waals surface area (Å²) < 4.78 is 20.0. The van der Waals surface area contributed by atoms with Crippen LogP contribution in [0, 0.1) is 12.7 Å². The molecule has 0 amide bonds. The van der Waals surface area contributed by atoms with Crippen LogP contribution in [0.15, 0.2) is 60.7 Å². The predicted molar refractivity (Wildman–Crippen MR) is 150 cm³/mol. The first-order valence-corrected chi connectivity index (χ1v) is 13.1. The molecule has 3 N–H and O–H groups in total. The molecule has 2 unspecified atom stereocenters. The van der Waals surface area contributed by atoms with Gasteiger partial charge < -0.3 is 20.3 Å². The Morgan fingerprint density at radius 1 is 1.03 bits per heavy atom. The van der Waals surface area contributed by atoms with Crippen molar-refractivity contribution in [1.29, 1.82) is 0 Å². The van der Waals surface area contributed by atoms with Gasteiger partial charge in [0.05, 0.1) is 24.4 Å². The van der Waals surface area contributed by atoms with Crippen molar-refractivity contribution in [2.45, 2.75) is 71.6 Å². The topological polar surface area (TPSA) is 78.8 Å². The molecule has 3 aromatic carbocycles. The summed E-state index contributed by atoms with van der Waals surface area (Å²) in [6.07, 6.45) is -0.382. The summed E-state index contributed by atoms with van der Waals surface area (Å²) >= 11 is 0. The van der Waals surface area contributed by atoms with E-state index in [-0.39, 0.29) is 30.0 Å². The lowest BCUT2D eigenvalue weighted by Gasteiger charge is -2.28. The number of ether oxygens (including phenoxy) is 1. The SMILES string of the molecule is Cc1ccc(CC(C)(C)NCC(O)COC(C)c2ccccc2-c2ccc(C(=O)O)c(C(C)C)c2)cc1F. The van der Waals surface area contributed by atoms with Gasteiger partial charge in [-0.05, 0) is 85.5 Å². The van der Waals surface area contributed by atoms with Crippen LogP contribution in [-0.2, 0) is 11.2 Å². The minimum Gasteiger partial charge on any atom is -0.478 e. The molecule has 0 aliphatic carbocycles. The number of rotatable bonds is 12. The van der Waals surface area contributed by atoms with Crippen molar-refractivity contribution < 1.29 is 24.1 Å². The highest BCUT2D eigenvalue weighted by Crippen LogP contribution is 2.33. The minimum atomic E-state index is -0.929. The molecular weight excluding hydrogens is 481 g/mol. The monoisotopic (exact) mass is 521 g/mol. The number of hydrogen-bond acceptors (Lipinski definition) is 4. The van der Waals surface area contributed by atoms with E-state index < -0.39 is 12.1 Å². The summed E-state index contributed by atoms with van der Waals surface area (Å²) in [5.74, 6) is -1.07. The van der Waals surface area contributed by atoms with Crippen molar-refractivity contribution in [1.82, 2.24) is 5.32 Å². The van der Waals surface area contributed by atoms with E-state index in [2.05, 4.69) is 5.32 Å². The molecule has 0 radical (unpaired) electrons. The largest absolute Gasteiger partial charge is 0.478 e. The number of carbonyl (C=O) groups is 1. The van der Waals surface area contributed by atoms with E-state index in [4.69, 9.17) is 4.74 Å². The second kappa shape index (κ2) is 12.7. The average Bonchev–Trinajstić information content (AvgIpc) is 2.87. The second-order valence-electron chi connectivity index (χ2n) is 11.0. The normalized spacial score (nSPS) is 13.5. The highest BCUT2D eigenvalue weighted by Gasteiger charge is 2.21. The Balaban J connectivity index is 1.63. The lowest BCUT2D eigenvalue weighted by atomic mass is 9.90.